The van der Waals surface area contributed by atoms with Gasteiger partial charge < -0.3 is 19.2 Å². The van der Waals surface area contributed by atoms with Crippen LogP contribution in [0.5, 0.6) is 11.6 Å². The van der Waals surface area contributed by atoms with Crippen LogP contribution in [0.15, 0.2) is 59.5 Å². The zero-order valence-electron chi connectivity index (χ0n) is 14.6. The molecule has 1 amide bonds. The monoisotopic (exact) mass is 365 g/mol. The van der Waals surface area contributed by atoms with Crippen molar-refractivity contribution in [3.05, 3.63) is 72.1 Å². The lowest BCUT2D eigenvalue weighted by Gasteiger charge is -2.09. The van der Waals surface area contributed by atoms with Gasteiger partial charge in [0.05, 0.1) is 0 Å². The molecule has 1 N–H and O–H groups in total. The highest BCUT2D eigenvalue weighted by atomic mass is 16.5. The van der Waals surface area contributed by atoms with Crippen LogP contribution in [0.4, 0.5) is 0 Å². The molecule has 7 heteroatoms. The van der Waals surface area contributed by atoms with Crippen molar-refractivity contribution in [1.29, 1.82) is 0 Å². The van der Waals surface area contributed by atoms with E-state index in [0.717, 1.165) is 24.2 Å². The molecule has 0 radical (unpaired) electrons. The molecule has 138 valence electrons. The smallest absolute Gasteiger partial charge is 0.273 e. The fourth-order valence-corrected chi connectivity index (χ4v) is 2.89. The second-order valence-corrected chi connectivity index (χ2v) is 6.17. The zero-order chi connectivity index (χ0) is 18.5. The van der Waals surface area contributed by atoms with Crippen molar-refractivity contribution >= 4 is 5.91 Å². The van der Waals surface area contributed by atoms with Gasteiger partial charge in [-0.1, -0.05) is 24.3 Å². The first-order valence-corrected chi connectivity index (χ1v) is 8.80. The van der Waals surface area contributed by atoms with Gasteiger partial charge in [0.1, 0.15) is 11.9 Å². The molecule has 1 aromatic carbocycles. The molecule has 3 aromatic rings. The molecule has 0 saturated carbocycles. The third-order valence-corrected chi connectivity index (χ3v) is 4.25. The number of benzene rings is 1. The highest BCUT2D eigenvalue weighted by Gasteiger charge is 2.27. The Balaban J connectivity index is 1.35. The Hall–Kier alpha value is -3.19. The molecule has 2 aromatic heterocycles. The van der Waals surface area contributed by atoms with Crippen LogP contribution in [0.1, 0.15) is 40.8 Å². The lowest BCUT2D eigenvalue weighted by atomic mass is 10.1. The van der Waals surface area contributed by atoms with E-state index in [1.54, 1.807) is 12.3 Å². The van der Waals surface area contributed by atoms with Gasteiger partial charge >= 0.3 is 0 Å². The van der Waals surface area contributed by atoms with E-state index < -0.39 is 0 Å². The van der Waals surface area contributed by atoms with Crippen molar-refractivity contribution in [2.75, 3.05) is 6.61 Å². The standard InChI is InChI=1S/C20H19N3O4/c24-20(18-19(26-13-23-18)16-7-4-10-25-16)22-12-14-8-9-17(21-11-14)27-15-5-2-1-3-6-15/h1-3,5-6,8-9,11,13,16H,4,7,10,12H2,(H,22,24). The second kappa shape index (κ2) is 8.01. The van der Waals surface area contributed by atoms with E-state index in [1.165, 1.54) is 6.39 Å². The summed E-state index contributed by atoms with van der Waals surface area (Å²) >= 11 is 0. The average Bonchev–Trinajstić information content (AvgIpc) is 3.39. The Labute approximate surface area is 156 Å². The summed E-state index contributed by atoms with van der Waals surface area (Å²) in [7, 11) is 0. The molecular weight excluding hydrogens is 346 g/mol. The molecule has 4 rings (SSSR count). The topological polar surface area (TPSA) is 86.5 Å². The van der Waals surface area contributed by atoms with Crippen LogP contribution in [0, 0.1) is 0 Å². The molecule has 0 aliphatic carbocycles. The summed E-state index contributed by atoms with van der Waals surface area (Å²) in [4.78, 5) is 20.7. The summed E-state index contributed by atoms with van der Waals surface area (Å²) in [6.07, 6.45) is 4.55. The number of nitrogens with one attached hydrogen (secondary N) is 1. The molecule has 1 atom stereocenters. The van der Waals surface area contributed by atoms with Crippen molar-refractivity contribution in [1.82, 2.24) is 15.3 Å². The molecule has 1 saturated heterocycles. The summed E-state index contributed by atoms with van der Waals surface area (Å²) in [5.41, 5.74) is 1.13. The molecule has 1 fully saturated rings. The van der Waals surface area contributed by atoms with Gasteiger partial charge in [-0.2, -0.15) is 0 Å². The molecule has 0 bridgehead atoms. The summed E-state index contributed by atoms with van der Waals surface area (Å²) in [6.45, 7) is 1.00. The van der Waals surface area contributed by atoms with Gasteiger partial charge in [-0.15, -0.1) is 0 Å². The van der Waals surface area contributed by atoms with Crippen molar-refractivity contribution in [3.63, 3.8) is 0 Å². The Morgan fingerprint density at radius 1 is 1.19 bits per heavy atom. The fraction of sp³-hybridized carbons (Fsp3) is 0.250. The van der Waals surface area contributed by atoms with E-state index in [2.05, 4.69) is 15.3 Å². The van der Waals surface area contributed by atoms with Crippen molar-refractivity contribution < 1.29 is 18.7 Å². The van der Waals surface area contributed by atoms with Gasteiger partial charge in [0, 0.05) is 25.4 Å². The van der Waals surface area contributed by atoms with Crippen LogP contribution >= 0.6 is 0 Å². The number of hydrogen-bond donors (Lipinski definition) is 1. The number of rotatable bonds is 6. The van der Waals surface area contributed by atoms with Gasteiger partial charge in [-0.05, 0) is 30.5 Å². The van der Waals surface area contributed by atoms with Crippen LogP contribution in [-0.2, 0) is 11.3 Å². The number of hydrogen-bond acceptors (Lipinski definition) is 6. The Morgan fingerprint density at radius 2 is 2.07 bits per heavy atom. The zero-order valence-corrected chi connectivity index (χ0v) is 14.6. The van der Waals surface area contributed by atoms with E-state index in [-0.39, 0.29) is 17.7 Å². The highest BCUT2D eigenvalue weighted by Crippen LogP contribution is 2.30. The quantitative estimate of drug-likeness (QED) is 0.718. The largest absolute Gasteiger partial charge is 0.445 e. The van der Waals surface area contributed by atoms with Crippen LogP contribution < -0.4 is 10.1 Å². The van der Waals surface area contributed by atoms with E-state index in [0.29, 0.717) is 24.8 Å². The van der Waals surface area contributed by atoms with Gasteiger partial charge in [0.2, 0.25) is 5.88 Å². The van der Waals surface area contributed by atoms with Crippen molar-refractivity contribution in [2.24, 2.45) is 0 Å². The second-order valence-electron chi connectivity index (χ2n) is 6.17. The van der Waals surface area contributed by atoms with Gasteiger partial charge in [-0.3, -0.25) is 4.79 Å². The van der Waals surface area contributed by atoms with E-state index in [9.17, 15) is 4.79 Å². The molecule has 1 unspecified atom stereocenters. The first-order chi connectivity index (χ1) is 13.3. The van der Waals surface area contributed by atoms with Crippen molar-refractivity contribution in [3.8, 4) is 11.6 Å². The Kier molecular flexibility index (Phi) is 5.11. The minimum absolute atomic E-state index is 0.190. The molecule has 1 aliphatic heterocycles. The van der Waals surface area contributed by atoms with E-state index >= 15 is 0 Å². The highest BCUT2D eigenvalue weighted by molar-refractivity contribution is 5.93. The molecule has 1 aliphatic rings. The number of aromatic nitrogens is 2. The number of carbonyl (C=O) groups is 1. The number of carbonyl (C=O) groups excluding carboxylic acids is 1. The normalized spacial score (nSPS) is 16.2. The number of nitrogens with zero attached hydrogens (tertiary/aromatic N) is 2. The third-order valence-electron chi connectivity index (χ3n) is 4.25. The number of pyridine rings is 1. The third kappa shape index (κ3) is 4.15. The van der Waals surface area contributed by atoms with Gasteiger partial charge in [0.25, 0.3) is 5.91 Å². The maximum absolute atomic E-state index is 12.4. The minimum Gasteiger partial charge on any atom is -0.445 e. The molecular formula is C20H19N3O4. The molecule has 0 spiro atoms. The average molecular weight is 365 g/mol. The summed E-state index contributed by atoms with van der Waals surface area (Å²) < 4.78 is 16.6. The first-order valence-electron chi connectivity index (χ1n) is 8.80. The molecule has 7 nitrogen and oxygen atoms in total. The van der Waals surface area contributed by atoms with Crippen LogP contribution in [0.3, 0.4) is 0 Å². The fourth-order valence-electron chi connectivity index (χ4n) is 2.89. The SMILES string of the molecule is O=C(NCc1ccc(Oc2ccccc2)nc1)c1ncoc1C1CCCO1. The van der Waals surface area contributed by atoms with Crippen LogP contribution in [0.2, 0.25) is 0 Å². The Morgan fingerprint density at radius 3 is 2.81 bits per heavy atom. The predicted molar refractivity (Wildman–Crippen MR) is 96.4 cm³/mol. The molecule has 27 heavy (non-hydrogen) atoms. The lowest BCUT2D eigenvalue weighted by molar-refractivity contribution is 0.0860. The van der Waals surface area contributed by atoms with Crippen LogP contribution in [-0.4, -0.2) is 22.5 Å². The van der Waals surface area contributed by atoms with E-state index in [1.807, 2.05) is 36.4 Å². The molecule has 3 heterocycles. The number of ether oxygens (including phenoxy) is 2. The summed E-state index contributed by atoms with van der Waals surface area (Å²) in [5, 5.41) is 2.84. The maximum atomic E-state index is 12.4. The lowest BCUT2D eigenvalue weighted by Crippen LogP contribution is -2.24. The Bertz CT molecular complexity index is 887. The van der Waals surface area contributed by atoms with Gasteiger partial charge in [-0.25, -0.2) is 9.97 Å². The van der Waals surface area contributed by atoms with Crippen LogP contribution in [0.25, 0.3) is 0 Å². The first kappa shape index (κ1) is 17.2. The van der Waals surface area contributed by atoms with Crippen molar-refractivity contribution in [2.45, 2.75) is 25.5 Å². The summed E-state index contributed by atoms with van der Waals surface area (Å²) in [6, 6.07) is 13.1. The number of amides is 1. The number of para-hydroxylation sites is 1. The minimum atomic E-state index is -0.293. The van der Waals surface area contributed by atoms with E-state index in [4.69, 9.17) is 13.9 Å². The summed E-state index contributed by atoms with van der Waals surface area (Å²) in [5.74, 6) is 1.42. The number of oxazole rings is 1. The predicted octanol–water partition coefficient (Wildman–Crippen LogP) is 3.64. The maximum Gasteiger partial charge on any atom is 0.273 e. The van der Waals surface area contributed by atoms with Gasteiger partial charge in [0.15, 0.2) is 17.8 Å².